The molecule has 0 radical (unpaired) electrons. The molecule has 2 aromatic rings. The molecular formula is C14H13FN4O2. The third kappa shape index (κ3) is 2.84. The molecule has 2 rings (SSSR count). The highest BCUT2D eigenvalue weighted by Crippen LogP contribution is 2.14. The number of benzene rings is 1. The summed E-state index contributed by atoms with van der Waals surface area (Å²) < 4.78 is 15.6. The van der Waals surface area contributed by atoms with E-state index in [0.717, 1.165) is 4.57 Å². The van der Waals surface area contributed by atoms with Crippen LogP contribution in [0.4, 0.5) is 10.1 Å². The molecule has 0 bridgehead atoms. The fourth-order valence-electron chi connectivity index (χ4n) is 1.86. The van der Waals surface area contributed by atoms with Crippen LogP contribution in [0.15, 0.2) is 33.9 Å². The van der Waals surface area contributed by atoms with E-state index in [1.807, 2.05) is 0 Å². The van der Waals surface area contributed by atoms with Crippen LogP contribution in [0.1, 0.15) is 11.3 Å². The predicted octanol–water partition coefficient (Wildman–Crippen LogP) is 0.707. The van der Waals surface area contributed by atoms with Crippen molar-refractivity contribution in [2.24, 2.45) is 14.1 Å². The fourth-order valence-corrected chi connectivity index (χ4v) is 1.86. The second-order valence-electron chi connectivity index (χ2n) is 4.53. The monoisotopic (exact) mass is 288 g/mol. The van der Waals surface area contributed by atoms with Gasteiger partial charge in [0, 0.05) is 31.5 Å². The molecule has 1 aromatic heterocycles. The molecule has 0 spiro atoms. The first-order valence-electron chi connectivity index (χ1n) is 6.13. The van der Waals surface area contributed by atoms with Gasteiger partial charge in [0.05, 0.1) is 12.1 Å². The summed E-state index contributed by atoms with van der Waals surface area (Å²) in [6.45, 7) is 0.207. The first-order chi connectivity index (χ1) is 9.93. The average molecular weight is 288 g/mol. The van der Waals surface area contributed by atoms with Crippen LogP contribution in [-0.4, -0.2) is 9.13 Å². The van der Waals surface area contributed by atoms with Gasteiger partial charge in [-0.15, -0.1) is 0 Å². The van der Waals surface area contributed by atoms with E-state index in [9.17, 15) is 14.0 Å². The van der Waals surface area contributed by atoms with Gasteiger partial charge in [0.2, 0.25) is 0 Å². The molecule has 1 N–H and O–H groups in total. The zero-order chi connectivity index (χ0) is 15.6. The number of hydrogen-bond donors (Lipinski definition) is 1. The summed E-state index contributed by atoms with van der Waals surface area (Å²) in [7, 11) is 2.96. The van der Waals surface area contributed by atoms with Crippen molar-refractivity contribution in [1.29, 1.82) is 5.26 Å². The van der Waals surface area contributed by atoms with Gasteiger partial charge in [0.15, 0.2) is 0 Å². The number of aromatic nitrogens is 2. The molecule has 1 heterocycles. The molecule has 1 aromatic carbocycles. The summed E-state index contributed by atoms with van der Waals surface area (Å²) in [5.74, 6) is -0.593. The van der Waals surface area contributed by atoms with Crippen LogP contribution in [0.5, 0.6) is 0 Å². The summed E-state index contributed by atoms with van der Waals surface area (Å²) in [6.07, 6.45) is 0. The van der Waals surface area contributed by atoms with Gasteiger partial charge in [-0.1, -0.05) is 0 Å². The van der Waals surface area contributed by atoms with Crippen molar-refractivity contribution in [2.45, 2.75) is 6.54 Å². The Balaban J connectivity index is 2.27. The smallest absolute Gasteiger partial charge is 0.330 e. The van der Waals surface area contributed by atoms with E-state index >= 15 is 0 Å². The number of halogens is 1. The Bertz CT molecular complexity index is 846. The molecule has 108 valence electrons. The van der Waals surface area contributed by atoms with Gasteiger partial charge >= 0.3 is 5.69 Å². The lowest BCUT2D eigenvalue weighted by molar-refractivity contribution is 0.624. The van der Waals surface area contributed by atoms with E-state index in [2.05, 4.69) is 5.32 Å². The van der Waals surface area contributed by atoms with E-state index in [1.54, 1.807) is 13.1 Å². The van der Waals surface area contributed by atoms with Crippen LogP contribution in [0.3, 0.4) is 0 Å². The molecule has 0 unspecified atom stereocenters. The third-order valence-corrected chi connectivity index (χ3v) is 3.19. The molecule has 0 aliphatic carbocycles. The highest BCUT2D eigenvalue weighted by atomic mass is 19.1. The standard InChI is InChI=1S/C14H13FN4O2/c1-18-11(6-13(20)19(2)14(18)21)8-17-10-3-4-12(15)9(5-10)7-16/h3-6,17H,8H2,1-2H3. The third-order valence-electron chi connectivity index (χ3n) is 3.19. The Kier molecular flexibility index (Phi) is 3.89. The zero-order valence-electron chi connectivity index (χ0n) is 11.6. The first-order valence-corrected chi connectivity index (χ1v) is 6.13. The second kappa shape index (κ2) is 5.63. The van der Waals surface area contributed by atoms with Gasteiger partial charge in [0.25, 0.3) is 5.56 Å². The van der Waals surface area contributed by atoms with E-state index in [4.69, 9.17) is 5.26 Å². The Labute approximate surface area is 119 Å². The van der Waals surface area contributed by atoms with Crippen molar-refractivity contribution in [3.8, 4) is 6.07 Å². The van der Waals surface area contributed by atoms with E-state index in [1.165, 1.54) is 35.9 Å². The van der Waals surface area contributed by atoms with Gasteiger partial charge in [-0.05, 0) is 18.2 Å². The summed E-state index contributed by atoms with van der Waals surface area (Å²) in [5.41, 5.74) is 0.132. The van der Waals surface area contributed by atoms with Gasteiger partial charge < -0.3 is 5.32 Å². The van der Waals surface area contributed by atoms with Crippen molar-refractivity contribution >= 4 is 5.69 Å². The molecule has 7 heteroatoms. The largest absolute Gasteiger partial charge is 0.379 e. The second-order valence-corrected chi connectivity index (χ2v) is 4.53. The van der Waals surface area contributed by atoms with E-state index < -0.39 is 17.1 Å². The fraction of sp³-hybridized carbons (Fsp3) is 0.214. The van der Waals surface area contributed by atoms with Crippen LogP contribution < -0.4 is 16.6 Å². The van der Waals surface area contributed by atoms with Crippen molar-refractivity contribution in [1.82, 2.24) is 9.13 Å². The quantitative estimate of drug-likeness (QED) is 0.902. The molecule has 0 aliphatic heterocycles. The van der Waals surface area contributed by atoms with Gasteiger partial charge in [0.1, 0.15) is 11.9 Å². The highest BCUT2D eigenvalue weighted by molar-refractivity contribution is 5.49. The summed E-state index contributed by atoms with van der Waals surface area (Å²) in [4.78, 5) is 23.4. The lowest BCUT2D eigenvalue weighted by atomic mass is 10.2. The summed E-state index contributed by atoms with van der Waals surface area (Å²) in [5, 5.41) is 11.7. The number of nitriles is 1. The van der Waals surface area contributed by atoms with E-state index in [-0.39, 0.29) is 12.1 Å². The number of nitrogens with one attached hydrogen (secondary N) is 1. The molecule has 0 aliphatic rings. The molecule has 0 fully saturated rings. The van der Waals surface area contributed by atoms with Crippen LogP contribution in [0, 0.1) is 17.1 Å². The number of anilines is 1. The van der Waals surface area contributed by atoms with Crippen molar-refractivity contribution < 1.29 is 4.39 Å². The SMILES string of the molecule is Cn1c(CNc2ccc(F)c(C#N)c2)cc(=O)n(C)c1=O. The molecule has 0 saturated heterocycles. The van der Waals surface area contributed by atoms with Gasteiger partial charge in [-0.2, -0.15) is 5.26 Å². The van der Waals surface area contributed by atoms with Crippen LogP contribution in [0.25, 0.3) is 0 Å². The summed E-state index contributed by atoms with van der Waals surface area (Å²) >= 11 is 0. The number of hydrogen-bond acceptors (Lipinski definition) is 4. The lowest BCUT2D eigenvalue weighted by Gasteiger charge is -2.11. The maximum absolute atomic E-state index is 13.2. The lowest BCUT2D eigenvalue weighted by Crippen LogP contribution is -2.38. The Hall–Kier alpha value is -2.88. The van der Waals surface area contributed by atoms with Crippen molar-refractivity contribution in [2.75, 3.05) is 5.32 Å². The van der Waals surface area contributed by atoms with Gasteiger partial charge in [-0.25, -0.2) is 9.18 Å². The molecule has 6 nitrogen and oxygen atoms in total. The Morgan fingerprint density at radius 3 is 2.62 bits per heavy atom. The Morgan fingerprint density at radius 1 is 1.24 bits per heavy atom. The van der Waals surface area contributed by atoms with Crippen LogP contribution in [0.2, 0.25) is 0 Å². The number of rotatable bonds is 3. The molecular weight excluding hydrogens is 275 g/mol. The zero-order valence-corrected chi connectivity index (χ0v) is 11.6. The predicted molar refractivity (Wildman–Crippen MR) is 75.4 cm³/mol. The highest BCUT2D eigenvalue weighted by Gasteiger charge is 2.07. The maximum Gasteiger partial charge on any atom is 0.330 e. The maximum atomic E-state index is 13.2. The summed E-state index contributed by atoms with van der Waals surface area (Å²) in [6, 6.07) is 7.13. The number of nitrogens with zero attached hydrogens (tertiary/aromatic N) is 3. The normalized spacial score (nSPS) is 10.2. The molecule has 0 amide bonds. The van der Waals surface area contributed by atoms with Crippen LogP contribution in [-0.2, 0) is 20.6 Å². The molecule has 0 atom stereocenters. The molecule has 21 heavy (non-hydrogen) atoms. The topological polar surface area (TPSA) is 79.8 Å². The van der Waals surface area contributed by atoms with Gasteiger partial charge in [-0.3, -0.25) is 13.9 Å². The Morgan fingerprint density at radius 2 is 1.95 bits per heavy atom. The minimum atomic E-state index is -0.593. The molecule has 0 saturated carbocycles. The average Bonchev–Trinajstić information content (AvgIpc) is 2.48. The minimum absolute atomic E-state index is 0.0714. The van der Waals surface area contributed by atoms with Crippen LogP contribution >= 0.6 is 0 Å². The minimum Gasteiger partial charge on any atom is -0.379 e. The van der Waals surface area contributed by atoms with E-state index in [0.29, 0.717) is 11.4 Å². The van der Waals surface area contributed by atoms with Crippen molar-refractivity contribution in [3.63, 3.8) is 0 Å². The van der Waals surface area contributed by atoms with Crippen molar-refractivity contribution in [3.05, 3.63) is 62.2 Å². The first kappa shape index (κ1) is 14.5.